The van der Waals surface area contributed by atoms with E-state index in [1.165, 1.54) is 0 Å². The molecule has 2 aliphatic heterocycles. The van der Waals surface area contributed by atoms with Crippen LogP contribution in [0.1, 0.15) is 31.4 Å². The van der Waals surface area contributed by atoms with Crippen molar-refractivity contribution in [3.05, 3.63) is 35.9 Å². The minimum Gasteiger partial charge on any atom is -0.387 e. The lowest BCUT2D eigenvalue weighted by Gasteiger charge is -2.41. The van der Waals surface area contributed by atoms with E-state index in [1.807, 2.05) is 35.2 Å². The number of hydrogen-bond acceptors (Lipinski definition) is 4. The van der Waals surface area contributed by atoms with Crippen molar-refractivity contribution < 1.29 is 9.90 Å². The molecule has 0 unspecified atom stereocenters. The van der Waals surface area contributed by atoms with Crippen molar-refractivity contribution in [2.24, 2.45) is 0 Å². The Balaban J connectivity index is 1.44. The fourth-order valence-corrected chi connectivity index (χ4v) is 3.75. The summed E-state index contributed by atoms with van der Waals surface area (Å²) in [4.78, 5) is 18.5. The normalized spacial score (nSPS) is 24.5. The van der Waals surface area contributed by atoms with Gasteiger partial charge in [0.2, 0.25) is 5.91 Å². The largest absolute Gasteiger partial charge is 0.387 e. The summed E-state index contributed by atoms with van der Waals surface area (Å²) in [7, 11) is 0. The first-order valence-electron chi connectivity index (χ1n) is 9.10. The van der Waals surface area contributed by atoms with Crippen LogP contribution in [0.15, 0.2) is 30.3 Å². The Kier molecular flexibility index (Phi) is 5.87. The molecule has 0 spiro atoms. The molecule has 0 bridgehead atoms. The molecular weight excluding hydrogens is 302 g/mol. The highest BCUT2D eigenvalue weighted by atomic mass is 16.3. The van der Waals surface area contributed by atoms with E-state index < -0.39 is 6.10 Å². The molecule has 5 heteroatoms. The lowest BCUT2D eigenvalue weighted by atomic mass is 10.1. The molecule has 0 aliphatic carbocycles. The smallest absolute Gasteiger partial charge is 0.222 e. The molecule has 132 valence electrons. The van der Waals surface area contributed by atoms with E-state index in [1.54, 1.807) is 0 Å². The molecular formula is C19H29N3O2. The minimum absolute atomic E-state index is 0.313. The van der Waals surface area contributed by atoms with Crippen LogP contribution in [0.4, 0.5) is 0 Å². The number of nitrogens with zero attached hydrogens (tertiary/aromatic N) is 3. The summed E-state index contributed by atoms with van der Waals surface area (Å²) in [6, 6.07) is 10.3. The Morgan fingerprint density at radius 3 is 2.62 bits per heavy atom. The van der Waals surface area contributed by atoms with Crippen molar-refractivity contribution in [3.8, 4) is 0 Å². The van der Waals surface area contributed by atoms with Crippen molar-refractivity contribution in [1.82, 2.24) is 14.7 Å². The van der Waals surface area contributed by atoms with Gasteiger partial charge in [-0.15, -0.1) is 0 Å². The van der Waals surface area contributed by atoms with Gasteiger partial charge in [0.1, 0.15) is 0 Å². The summed E-state index contributed by atoms with van der Waals surface area (Å²) in [5.74, 6) is 0.313. The van der Waals surface area contributed by atoms with Gasteiger partial charge in [0, 0.05) is 58.3 Å². The van der Waals surface area contributed by atoms with Gasteiger partial charge < -0.3 is 10.0 Å². The number of β-amino-alcohol motifs (C(OH)–C–C–N with tert-alkyl or cyclic N) is 1. The lowest BCUT2D eigenvalue weighted by molar-refractivity contribution is -0.127. The fraction of sp³-hybridized carbons (Fsp3) is 0.632. The summed E-state index contributed by atoms with van der Waals surface area (Å²) < 4.78 is 0. The van der Waals surface area contributed by atoms with Gasteiger partial charge in [-0.3, -0.25) is 14.6 Å². The highest BCUT2D eigenvalue weighted by Crippen LogP contribution is 2.18. The van der Waals surface area contributed by atoms with Crippen LogP contribution in [0.3, 0.4) is 0 Å². The molecule has 2 atom stereocenters. The van der Waals surface area contributed by atoms with Crippen LogP contribution in [0.2, 0.25) is 0 Å². The van der Waals surface area contributed by atoms with Crippen LogP contribution in [0.5, 0.6) is 0 Å². The maximum atomic E-state index is 11.7. The second kappa shape index (κ2) is 8.10. The molecule has 24 heavy (non-hydrogen) atoms. The fourth-order valence-electron chi connectivity index (χ4n) is 3.75. The predicted molar refractivity (Wildman–Crippen MR) is 94.7 cm³/mol. The maximum Gasteiger partial charge on any atom is 0.222 e. The molecule has 2 heterocycles. The van der Waals surface area contributed by atoms with E-state index in [9.17, 15) is 9.90 Å². The van der Waals surface area contributed by atoms with Gasteiger partial charge in [0.25, 0.3) is 0 Å². The van der Waals surface area contributed by atoms with E-state index in [0.29, 0.717) is 18.5 Å². The molecule has 1 aromatic rings. The van der Waals surface area contributed by atoms with E-state index in [4.69, 9.17) is 0 Å². The number of carbonyl (C=O) groups excluding carboxylic acids is 1. The summed E-state index contributed by atoms with van der Waals surface area (Å²) >= 11 is 0. The van der Waals surface area contributed by atoms with Gasteiger partial charge in [-0.1, -0.05) is 30.3 Å². The third kappa shape index (κ3) is 4.35. The van der Waals surface area contributed by atoms with Crippen LogP contribution in [0.25, 0.3) is 0 Å². The second-order valence-corrected chi connectivity index (χ2v) is 7.06. The molecule has 0 radical (unpaired) electrons. The zero-order valence-electron chi connectivity index (χ0n) is 14.6. The molecule has 5 nitrogen and oxygen atoms in total. The van der Waals surface area contributed by atoms with Crippen molar-refractivity contribution in [1.29, 1.82) is 0 Å². The van der Waals surface area contributed by atoms with E-state index >= 15 is 0 Å². The van der Waals surface area contributed by atoms with Crippen LogP contribution in [-0.2, 0) is 4.79 Å². The monoisotopic (exact) mass is 331 g/mol. The predicted octanol–water partition coefficient (Wildman–Crippen LogP) is 1.35. The molecule has 1 amide bonds. The molecule has 1 N–H and O–H groups in total. The molecule has 0 saturated carbocycles. The summed E-state index contributed by atoms with van der Waals surface area (Å²) in [6.07, 6.45) is 1.31. The Morgan fingerprint density at radius 2 is 1.96 bits per heavy atom. The first-order valence-corrected chi connectivity index (χ1v) is 9.10. The van der Waals surface area contributed by atoms with Crippen LogP contribution >= 0.6 is 0 Å². The number of carbonyl (C=O) groups is 1. The Morgan fingerprint density at radius 1 is 1.17 bits per heavy atom. The minimum atomic E-state index is -0.428. The number of hydrogen-bond donors (Lipinski definition) is 1. The molecule has 2 saturated heterocycles. The summed E-state index contributed by atoms with van der Waals surface area (Å²) in [5.41, 5.74) is 0.986. The summed E-state index contributed by atoms with van der Waals surface area (Å²) in [5, 5.41) is 10.4. The molecule has 3 rings (SSSR count). The average molecular weight is 331 g/mol. The van der Waals surface area contributed by atoms with Crippen LogP contribution in [0, 0.1) is 0 Å². The zero-order chi connectivity index (χ0) is 16.9. The number of aliphatic hydroxyl groups is 1. The Bertz CT molecular complexity index is 537. The topological polar surface area (TPSA) is 47.0 Å². The highest BCUT2D eigenvalue weighted by molar-refractivity contribution is 5.78. The number of benzene rings is 1. The number of piperazine rings is 1. The number of amides is 1. The quantitative estimate of drug-likeness (QED) is 0.855. The molecule has 2 aliphatic rings. The second-order valence-electron chi connectivity index (χ2n) is 7.06. The highest BCUT2D eigenvalue weighted by Gasteiger charge is 2.27. The first kappa shape index (κ1) is 17.4. The summed E-state index contributed by atoms with van der Waals surface area (Å²) in [6.45, 7) is 8.64. The molecule has 1 aromatic carbocycles. The van der Waals surface area contributed by atoms with E-state index in [0.717, 1.165) is 57.7 Å². The average Bonchev–Trinajstić information content (AvgIpc) is 3.01. The van der Waals surface area contributed by atoms with E-state index in [-0.39, 0.29) is 0 Å². The van der Waals surface area contributed by atoms with Gasteiger partial charge in [0.05, 0.1) is 6.10 Å². The maximum absolute atomic E-state index is 11.7. The van der Waals surface area contributed by atoms with Gasteiger partial charge in [-0.2, -0.15) is 0 Å². The van der Waals surface area contributed by atoms with Gasteiger partial charge in [-0.05, 0) is 18.9 Å². The Labute approximate surface area is 144 Å². The van der Waals surface area contributed by atoms with E-state index in [2.05, 4.69) is 16.7 Å². The van der Waals surface area contributed by atoms with Gasteiger partial charge in [0.15, 0.2) is 0 Å². The van der Waals surface area contributed by atoms with Crippen molar-refractivity contribution in [3.63, 3.8) is 0 Å². The first-order chi connectivity index (χ1) is 11.6. The van der Waals surface area contributed by atoms with Crippen LogP contribution < -0.4 is 0 Å². The van der Waals surface area contributed by atoms with Crippen molar-refractivity contribution >= 4 is 5.91 Å². The van der Waals surface area contributed by atoms with Gasteiger partial charge >= 0.3 is 0 Å². The van der Waals surface area contributed by atoms with Crippen LogP contribution in [-0.4, -0.2) is 77.6 Å². The number of likely N-dealkylation sites (tertiary alicyclic amines) is 1. The van der Waals surface area contributed by atoms with Gasteiger partial charge in [-0.25, -0.2) is 0 Å². The number of aliphatic hydroxyl groups excluding tert-OH is 1. The number of rotatable bonds is 6. The SMILES string of the molecule is C[C@@H]1CN(CCN2CCCC2=O)CCN1C[C@@H](O)c1ccccc1. The standard InChI is InChI=1S/C19H29N3O2/c1-16-14-20(10-12-21-9-5-8-19(21)24)11-13-22(16)15-18(23)17-6-3-2-4-7-17/h2-4,6-7,16,18,23H,5,8-15H2,1H3/t16-,18-/m1/s1. The van der Waals surface area contributed by atoms with Crippen molar-refractivity contribution in [2.75, 3.05) is 45.8 Å². The Hall–Kier alpha value is -1.43. The third-order valence-electron chi connectivity index (χ3n) is 5.30. The van der Waals surface area contributed by atoms with Crippen molar-refractivity contribution in [2.45, 2.75) is 31.9 Å². The molecule has 2 fully saturated rings. The molecule has 0 aromatic heterocycles. The lowest BCUT2D eigenvalue weighted by Crippen LogP contribution is -2.54. The zero-order valence-corrected chi connectivity index (χ0v) is 14.6. The third-order valence-corrected chi connectivity index (χ3v) is 5.30.